The molecule has 4 rings (SSSR count). The molecule has 1 saturated heterocycles. The van der Waals surface area contributed by atoms with Crippen molar-refractivity contribution in [1.82, 2.24) is 8.87 Å². The van der Waals surface area contributed by atoms with Crippen molar-refractivity contribution in [2.24, 2.45) is 5.92 Å². The number of hydrogen-bond acceptors (Lipinski definition) is 6. The summed E-state index contributed by atoms with van der Waals surface area (Å²) in [7, 11) is -3.56. The van der Waals surface area contributed by atoms with E-state index >= 15 is 0 Å². The first-order valence-electron chi connectivity index (χ1n) is 9.38. The first-order chi connectivity index (χ1) is 13.9. The highest BCUT2D eigenvalue weighted by molar-refractivity contribution is 7.91. The van der Waals surface area contributed by atoms with Gasteiger partial charge in [0.1, 0.15) is 4.21 Å². The number of fused-ring (bicyclic) bond motifs is 1. The van der Waals surface area contributed by atoms with Crippen LogP contribution in [-0.2, 0) is 21.4 Å². The topological polar surface area (TPSA) is 88.5 Å². The second kappa shape index (κ2) is 8.02. The van der Waals surface area contributed by atoms with Crippen LogP contribution >= 0.6 is 22.7 Å². The summed E-state index contributed by atoms with van der Waals surface area (Å²) >= 11 is 2.34. The van der Waals surface area contributed by atoms with Gasteiger partial charge in [0, 0.05) is 25.3 Å². The maximum absolute atomic E-state index is 12.8. The van der Waals surface area contributed by atoms with Crippen molar-refractivity contribution in [3.8, 4) is 0 Å². The van der Waals surface area contributed by atoms with E-state index in [9.17, 15) is 18.0 Å². The molecule has 3 aromatic rings. The summed E-state index contributed by atoms with van der Waals surface area (Å²) in [4.78, 5) is 24.8. The van der Waals surface area contributed by atoms with E-state index in [-0.39, 0.29) is 17.3 Å². The summed E-state index contributed by atoms with van der Waals surface area (Å²) in [5.41, 5.74) is 1.47. The van der Waals surface area contributed by atoms with Crippen molar-refractivity contribution in [1.29, 1.82) is 0 Å². The third kappa shape index (κ3) is 3.89. The van der Waals surface area contributed by atoms with Gasteiger partial charge >= 0.3 is 4.87 Å². The van der Waals surface area contributed by atoms with E-state index in [4.69, 9.17) is 0 Å². The lowest BCUT2D eigenvalue weighted by molar-refractivity contribution is -0.120. The lowest BCUT2D eigenvalue weighted by atomic mass is 9.98. The Balaban J connectivity index is 1.50. The Morgan fingerprint density at radius 2 is 2.14 bits per heavy atom. The fourth-order valence-corrected chi connectivity index (χ4v) is 7.26. The Morgan fingerprint density at radius 3 is 2.86 bits per heavy atom. The molecule has 1 atom stereocenters. The maximum Gasteiger partial charge on any atom is 0.308 e. The summed E-state index contributed by atoms with van der Waals surface area (Å²) in [6.45, 7) is 3.12. The van der Waals surface area contributed by atoms with Crippen molar-refractivity contribution in [3.63, 3.8) is 0 Å². The molecule has 1 aliphatic rings. The zero-order valence-electron chi connectivity index (χ0n) is 15.8. The van der Waals surface area contributed by atoms with Crippen LogP contribution in [0.5, 0.6) is 0 Å². The normalized spacial score (nSPS) is 18.2. The van der Waals surface area contributed by atoms with Gasteiger partial charge in [0.15, 0.2) is 0 Å². The van der Waals surface area contributed by atoms with Gasteiger partial charge in [0.2, 0.25) is 5.91 Å². The molecule has 0 radical (unpaired) electrons. The van der Waals surface area contributed by atoms with Gasteiger partial charge in [-0.25, -0.2) is 8.42 Å². The molecule has 1 aromatic carbocycles. The number of nitrogens with zero attached hydrogens (tertiary/aromatic N) is 2. The summed E-state index contributed by atoms with van der Waals surface area (Å²) < 4.78 is 29.7. The molecule has 0 aliphatic carbocycles. The number of thiophene rings is 1. The van der Waals surface area contributed by atoms with Crippen molar-refractivity contribution in [3.05, 3.63) is 45.4 Å². The predicted octanol–water partition coefficient (Wildman–Crippen LogP) is 3.18. The van der Waals surface area contributed by atoms with Gasteiger partial charge in [-0.2, -0.15) is 4.31 Å². The summed E-state index contributed by atoms with van der Waals surface area (Å²) in [5.74, 6) is -0.606. The van der Waals surface area contributed by atoms with E-state index in [0.29, 0.717) is 35.8 Å². The van der Waals surface area contributed by atoms with Crippen LogP contribution in [0.3, 0.4) is 0 Å². The molecule has 0 bridgehead atoms. The number of hydrogen-bond donors (Lipinski definition) is 1. The fraction of sp³-hybridized carbons (Fsp3) is 0.368. The maximum atomic E-state index is 12.8. The third-order valence-electron chi connectivity index (χ3n) is 5.10. The number of thiazole rings is 1. The number of anilines is 1. The SMILES string of the molecule is CCn1c(=O)sc2cc(NC(=O)C3CCCN(S(=O)(=O)c4cccs4)C3)ccc21. The number of aromatic nitrogens is 1. The van der Waals surface area contributed by atoms with Crippen molar-refractivity contribution < 1.29 is 13.2 Å². The van der Waals surface area contributed by atoms with Crippen LogP contribution in [0.2, 0.25) is 0 Å². The van der Waals surface area contributed by atoms with Crippen molar-refractivity contribution >= 4 is 54.5 Å². The average molecular weight is 452 g/mol. The molecule has 29 heavy (non-hydrogen) atoms. The first kappa shape index (κ1) is 20.3. The number of aryl methyl sites for hydroxylation is 1. The number of rotatable bonds is 5. The van der Waals surface area contributed by atoms with Crippen molar-refractivity contribution in [2.45, 2.75) is 30.5 Å². The zero-order valence-corrected chi connectivity index (χ0v) is 18.3. The molecule has 10 heteroatoms. The van der Waals surface area contributed by atoms with Crippen molar-refractivity contribution in [2.75, 3.05) is 18.4 Å². The number of piperidine rings is 1. The number of sulfonamides is 1. The molecule has 7 nitrogen and oxygen atoms in total. The number of benzene rings is 1. The van der Waals surface area contributed by atoms with E-state index in [2.05, 4.69) is 5.32 Å². The highest BCUT2D eigenvalue weighted by Gasteiger charge is 2.33. The summed E-state index contributed by atoms with van der Waals surface area (Å²) in [6, 6.07) is 8.71. The lowest BCUT2D eigenvalue weighted by Gasteiger charge is -2.30. The second-order valence-corrected chi connectivity index (χ2v) is 11.0. The molecular weight excluding hydrogens is 430 g/mol. The van der Waals surface area contributed by atoms with E-state index in [1.165, 1.54) is 15.6 Å². The van der Waals surface area contributed by atoms with Gasteiger partial charge < -0.3 is 5.32 Å². The third-order valence-corrected chi connectivity index (χ3v) is 9.28. The van der Waals surface area contributed by atoms with Gasteiger partial charge in [-0.1, -0.05) is 17.4 Å². The largest absolute Gasteiger partial charge is 0.326 e. The zero-order chi connectivity index (χ0) is 20.6. The van der Waals surface area contributed by atoms with Crippen LogP contribution < -0.4 is 10.2 Å². The Kier molecular flexibility index (Phi) is 5.60. The van der Waals surface area contributed by atoms with Gasteiger partial charge in [-0.05, 0) is 49.4 Å². The standard InChI is InChI=1S/C19H21N3O4S3/c1-2-22-15-8-7-14(11-16(15)28-19(22)24)20-18(23)13-5-3-9-21(12-13)29(25,26)17-6-4-10-27-17/h4,6-8,10-11,13H,2-3,5,9,12H2,1H3,(H,20,23). The molecule has 2 aromatic heterocycles. The van der Waals surface area contributed by atoms with Crippen LogP contribution in [0, 0.1) is 5.92 Å². The molecule has 0 spiro atoms. The van der Waals surface area contributed by atoms with Crippen LogP contribution in [0.1, 0.15) is 19.8 Å². The number of amides is 1. The highest BCUT2D eigenvalue weighted by Crippen LogP contribution is 2.28. The van der Waals surface area contributed by atoms with E-state index < -0.39 is 15.9 Å². The molecule has 1 fully saturated rings. The molecule has 154 valence electrons. The smallest absolute Gasteiger partial charge is 0.308 e. The molecule has 3 heterocycles. The number of carbonyl (C=O) groups excluding carboxylic acids is 1. The quantitative estimate of drug-likeness (QED) is 0.645. The molecule has 1 aliphatic heterocycles. The van der Waals surface area contributed by atoms with Crippen LogP contribution in [0.15, 0.2) is 44.7 Å². The molecule has 1 unspecified atom stereocenters. The summed E-state index contributed by atoms with van der Waals surface area (Å²) in [5, 5.41) is 4.63. The number of nitrogens with one attached hydrogen (secondary N) is 1. The Hall–Kier alpha value is -2.01. The Labute approximate surface area is 176 Å². The Bertz CT molecular complexity index is 1200. The van der Waals surface area contributed by atoms with Crippen LogP contribution in [-0.4, -0.2) is 36.3 Å². The minimum Gasteiger partial charge on any atom is -0.326 e. The minimum absolute atomic E-state index is 0.0207. The molecular formula is C19H21N3O4S3. The number of carbonyl (C=O) groups is 1. The van der Waals surface area contributed by atoms with E-state index in [1.807, 2.05) is 13.0 Å². The van der Waals surface area contributed by atoms with Gasteiger partial charge in [-0.3, -0.25) is 14.2 Å². The monoisotopic (exact) mass is 451 g/mol. The highest BCUT2D eigenvalue weighted by atomic mass is 32.2. The van der Waals surface area contributed by atoms with Gasteiger partial charge in [0.05, 0.1) is 16.1 Å². The minimum atomic E-state index is -3.56. The lowest BCUT2D eigenvalue weighted by Crippen LogP contribution is -2.43. The van der Waals surface area contributed by atoms with Crippen LogP contribution in [0.25, 0.3) is 10.2 Å². The average Bonchev–Trinajstić information content (AvgIpc) is 3.35. The summed E-state index contributed by atoms with van der Waals surface area (Å²) in [6.07, 6.45) is 1.28. The van der Waals surface area contributed by atoms with Gasteiger partial charge in [0.25, 0.3) is 10.0 Å². The van der Waals surface area contributed by atoms with E-state index in [1.54, 1.807) is 34.2 Å². The first-order valence-corrected chi connectivity index (χ1v) is 12.5. The molecule has 1 amide bonds. The Morgan fingerprint density at radius 1 is 1.31 bits per heavy atom. The molecule has 0 saturated carbocycles. The van der Waals surface area contributed by atoms with Crippen LogP contribution in [0.4, 0.5) is 5.69 Å². The predicted molar refractivity (Wildman–Crippen MR) is 116 cm³/mol. The fourth-order valence-electron chi connectivity index (χ4n) is 3.60. The second-order valence-electron chi connectivity index (χ2n) is 6.92. The molecule has 1 N–H and O–H groups in total. The van der Waals surface area contributed by atoms with E-state index in [0.717, 1.165) is 21.6 Å². The van der Waals surface area contributed by atoms with Gasteiger partial charge in [-0.15, -0.1) is 11.3 Å².